The lowest BCUT2D eigenvalue weighted by atomic mass is 10.0. The van der Waals surface area contributed by atoms with Crippen LogP contribution in [0.15, 0.2) is 24.3 Å². The number of rotatable bonds is 4. The van der Waals surface area contributed by atoms with Gasteiger partial charge in [-0.15, -0.1) is 0 Å². The van der Waals surface area contributed by atoms with Gasteiger partial charge in [0.1, 0.15) is 5.75 Å². The summed E-state index contributed by atoms with van der Waals surface area (Å²) in [6, 6.07) is 7.66. The van der Waals surface area contributed by atoms with E-state index in [4.69, 9.17) is 14.2 Å². The Balaban J connectivity index is 2.03. The van der Waals surface area contributed by atoms with Crippen LogP contribution in [0.25, 0.3) is 0 Å². The fraction of sp³-hybridized carbons (Fsp3) is 0.571. The van der Waals surface area contributed by atoms with Crippen LogP contribution in [0.5, 0.6) is 5.75 Å². The van der Waals surface area contributed by atoms with Crippen LogP contribution < -0.4 is 4.74 Å². The van der Waals surface area contributed by atoms with Gasteiger partial charge in [0.25, 0.3) is 0 Å². The van der Waals surface area contributed by atoms with E-state index in [0.29, 0.717) is 6.61 Å². The summed E-state index contributed by atoms with van der Waals surface area (Å²) in [6.45, 7) is 2.78. The second-order valence-corrected chi connectivity index (χ2v) is 4.60. The molecule has 0 unspecified atom stereocenters. The molecule has 1 aliphatic heterocycles. The Morgan fingerprint density at radius 3 is 2.72 bits per heavy atom. The van der Waals surface area contributed by atoms with Gasteiger partial charge < -0.3 is 19.3 Å². The third-order valence-corrected chi connectivity index (χ3v) is 3.28. The molecule has 100 valence electrons. The van der Waals surface area contributed by atoms with Crippen molar-refractivity contribution in [2.75, 3.05) is 20.3 Å². The maximum atomic E-state index is 9.17. The van der Waals surface area contributed by atoms with Gasteiger partial charge >= 0.3 is 0 Å². The maximum absolute atomic E-state index is 9.17. The molecule has 1 aromatic rings. The third-order valence-electron chi connectivity index (χ3n) is 3.28. The van der Waals surface area contributed by atoms with Gasteiger partial charge in [-0.3, -0.25) is 0 Å². The van der Waals surface area contributed by atoms with Crippen molar-refractivity contribution in [1.29, 1.82) is 0 Å². The molecule has 4 nitrogen and oxygen atoms in total. The van der Waals surface area contributed by atoms with E-state index < -0.39 is 0 Å². The Morgan fingerprint density at radius 2 is 2.11 bits per heavy atom. The number of hydrogen-bond donors (Lipinski definition) is 1. The molecule has 0 bridgehead atoms. The first-order valence-electron chi connectivity index (χ1n) is 6.26. The van der Waals surface area contributed by atoms with E-state index in [1.54, 1.807) is 7.11 Å². The van der Waals surface area contributed by atoms with Crippen molar-refractivity contribution in [3.8, 4) is 5.75 Å². The highest BCUT2D eigenvalue weighted by Crippen LogP contribution is 2.30. The zero-order valence-electron chi connectivity index (χ0n) is 10.8. The van der Waals surface area contributed by atoms with Crippen molar-refractivity contribution >= 4 is 0 Å². The lowest BCUT2D eigenvalue weighted by Gasteiger charge is -2.33. The van der Waals surface area contributed by atoms with Crippen LogP contribution in [0.4, 0.5) is 0 Å². The number of benzene rings is 1. The minimum Gasteiger partial charge on any atom is -0.497 e. The average Bonchev–Trinajstić information content (AvgIpc) is 2.46. The summed E-state index contributed by atoms with van der Waals surface area (Å²) in [6.07, 6.45) is 0.536. The molecule has 1 heterocycles. The van der Waals surface area contributed by atoms with Gasteiger partial charge in [-0.05, 0) is 18.6 Å². The summed E-state index contributed by atoms with van der Waals surface area (Å²) in [7, 11) is 1.64. The van der Waals surface area contributed by atoms with Gasteiger partial charge in [-0.2, -0.15) is 0 Å². The van der Waals surface area contributed by atoms with E-state index in [0.717, 1.165) is 17.7 Å². The van der Waals surface area contributed by atoms with Gasteiger partial charge in [0.05, 0.1) is 19.8 Å². The van der Waals surface area contributed by atoms with E-state index in [1.165, 1.54) is 0 Å². The second kappa shape index (κ2) is 6.18. The van der Waals surface area contributed by atoms with Crippen LogP contribution in [-0.4, -0.2) is 31.5 Å². The van der Waals surface area contributed by atoms with Crippen molar-refractivity contribution in [2.24, 2.45) is 5.92 Å². The van der Waals surface area contributed by atoms with Crippen LogP contribution >= 0.6 is 0 Å². The minimum absolute atomic E-state index is 0.0517. The fourth-order valence-corrected chi connectivity index (χ4v) is 2.03. The molecule has 4 heteroatoms. The summed E-state index contributed by atoms with van der Waals surface area (Å²) in [4.78, 5) is 0. The molecule has 0 amide bonds. The van der Waals surface area contributed by atoms with E-state index in [-0.39, 0.29) is 24.9 Å². The molecule has 0 saturated carbocycles. The third kappa shape index (κ3) is 3.02. The maximum Gasteiger partial charge on any atom is 0.184 e. The molecule has 0 aliphatic carbocycles. The molecule has 2 rings (SSSR count). The number of aliphatic hydroxyl groups excluding tert-OH is 1. The minimum atomic E-state index is -0.344. The topological polar surface area (TPSA) is 47.9 Å². The highest BCUT2D eigenvalue weighted by molar-refractivity contribution is 5.27. The number of ether oxygens (including phenoxy) is 3. The zero-order chi connectivity index (χ0) is 13.0. The molecule has 1 aromatic carbocycles. The molecular formula is C14H20O4. The van der Waals surface area contributed by atoms with Crippen molar-refractivity contribution in [1.82, 2.24) is 0 Å². The van der Waals surface area contributed by atoms with Crippen molar-refractivity contribution in [3.63, 3.8) is 0 Å². The van der Waals surface area contributed by atoms with Gasteiger partial charge in [-0.25, -0.2) is 0 Å². The molecule has 1 N–H and O–H groups in total. The van der Waals surface area contributed by atoms with Gasteiger partial charge in [0.2, 0.25) is 0 Å². The summed E-state index contributed by atoms with van der Waals surface area (Å²) < 4.78 is 16.6. The predicted molar refractivity (Wildman–Crippen MR) is 67.4 cm³/mol. The number of aliphatic hydroxyl groups is 1. The Labute approximate surface area is 107 Å². The van der Waals surface area contributed by atoms with Crippen LogP contribution in [0.1, 0.15) is 25.2 Å². The standard InChI is InChI=1S/C14H20O4/c1-10(9-15)13-7-8-17-14(18-13)11-3-5-12(16-2)6-4-11/h3-6,10,13-15H,7-9H2,1-2H3/t10-,13+,14+/m0/s1. The fourth-order valence-electron chi connectivity index (χ4n) is 2.03. The van der Waals surface area contributed by atoms with E-state index in [1.807, 2.05) is 31.2 Å². The van der Waals surface area contributed by atoms with Crippen LogP contribution in [0, 0.1) is 5.92 Å². The lowest BCUT2D eigenvalue weighted by molar-refractivity contribution is -0.230. The summed E-state index contributed by atoms with van der Waals surface area (Å²) in [5.41, 5.74) is 0.977. The summed E-state index contributed by atoms with van der Waals surface area (Å²) in [5, 5.41) is 9.17. The SMILES string of the molecule is COc1ccc([C@@H]2OCC[C@H]([C@@H](C)CO)O2)cc1. The molecule has 1 aliphatic rings. The zero-order valence-corrected chi connectivity index (χ0v) is 10.8. The first-order valence-corrected chi connectivity index (χ1v) is 6.26. The van der Waals surface area contributed by atoms with Crippen LogP contribution in [0.3, 0.4) is 0 Å². The molecule has 1 fully saturated rings. The van der Waals surface area contributed by atoms with E-state index in [9.17, 15) is 5.11 Å². The smallest absolute Gasteiger partial charge is 0.184 e. The molecule has 18 heavy (non-hydrogen) atoms. The highest BCUT2D eigenvalue weighted by atomic mass is 16.7. The molecule has 0 radical (unpaired) electrons. The Morgan fingerprint density at radius 1 is 1.39 bits per heavy atom. The van der Waals surface area contributed by atoms with E-state index >= 15 is 0 Å². The first-order chi connectivity index (χ1) is 8.74. The van der Waals surface area contributed by atoms with Gasteiger partial charge in [-0.1, -0.05) is 19.1 Å². The summed E-state index contributed by atoms with van der Waals surface area (Å²) in [5.74, 6) is 0.949. The predicted octanol–water partition coefficient (Wildman–Crippen LogP) is 2.13. The van der Waals surface area contributed by atoms with Crippen molar-refractivity contribution in [3.05, 3.63) is 29.8 Å². The van der Waals surface area contributed by atoms with E-state index in [2.05, 4.69) is 0 Å². The van der Waals surface area contributed by atoms with Crippen LogP contribution in [-0.2, 0) is 9.47 Å². The molecule has 0 spiro atoms. The molecular weight excluding hydrogens is 232 g/mol. The second-order valence-electron chi connectivity index (χ2n) is 4.60. The largest absolute Gasteiger partial charge is 0.497 e. The lowest BCUT2D eigenvalue weighted by Crippen LogP contribution is -2.33. The molecule has 0 aromatic heterocycles. The summed E-state index contributed by atoms with van der Waals surface area (Å²) >= 11 is 0. The average molecular weight is 252 g/mol. The Hall–Kier alpha value is -1.10. The number of methoxy groups -OCH3 is 1. The quantitative estimate of drug-likeness (QED) is 0.891. The van der Waals surface area contributed by atoms with Gasteiger partial charge in [0.15, 0.2) is 6.29 Å². The molecule has 1 saturated heterocycles. The van der Waals surface area contributed by atoms with Gasteiger partial charge in [0, 0.05) is 18.1 Å². The Bertz CT molecular complexity index is 363. The molecule has 3 atom stereocenters. The monoisotopic (exact) mass is 252 g/mol. The highest BCUT2D eigenvalue weighted by Gasteiger charge is 2.27. The normalized spacial score (nSPS) is 25.7. The van der Waals surface area contributed by atoms with Crippen molar-refractivity contribution in [2.45, 2.75) is 25.7 Å². The number of hydrogen-bond acceptors (Lipinski definition) is 4. The first kappa shape index (κ1) is 13.3. The van der Waals surface area contributed by atoms with Crippen molar-refractivity contribution < 1.29 is 19.3 Å². The Kier molecular flexibility index (Phi) is 4.58. The van der Waals surface area contributed by atoms with Crippen LogP contribution in [0.2, 0.25) is 0 Å².